The average Bonchev–Trinajstić information content (AvgIpc) is 3.05. The summed E-state index contributed by atoms with van der Waals surface area (Å²) < 4.78 is 5.20. The zero-order valence-corrected chi connectivity index (χ0v) is 16.8. The highest BCUT2D eigenvalue weighted by Gasteiger charge is 2.29. The molecule has 7 nitrogen and oxygen atoms in total. The summed E-state index contributed by atoms with van der Waals surface area (Å²) >= 11 is 0. The van der Waals surface area contributed by atoms with Crippen molar-refractivity contribution in [1.29, 1.82) is 0 Å². The smallest absolute Gasteiger partial charge is 0.234 e. The van der Waals surface area contributed by atoms with Crippen LogP contribution in [0.5, 0.6) is 0 Å². The standard InChI is InChI=1S/C21H28N4O3/c1-15(20-16(2)23-28-17(20)3)21(27)25-11-9-24(10-12-25)14-19(26)22-13-18-7-5-4-6-8-18/h4-8,15H,9-14H2,1-3H3,(H,22,26). The van der Waals surface area contributed by atoms with Crippen LogP contribution in [0.15, 0.2) is 34.9 Å². The predicted octanol–water partition coefficient (Wildman–Crippen LogP) is 1.86. The number of carbonyl (C=O) groups is 2. The van der Waals surface area contributed by atoms with E-state index >= 15 is 0 Å². The SMILES string of the molecule is Cc1noc(C)c1C(C)C(=O)N1CCN(CC(=O)NCc2ccccc2)CC1. The van der Waals surface area contributed by atoms with Crippen LogP contribution in [0.2, 0.25) is 0 Å². The number of benzene rings is 1. The number of aryl methyl sites for hydroxylation is 2. The lowest BCUT2D eigenvalue weighted by molar-refractivity contribution is -0.134. The fourth-order valence-electron chi connectivity index (χ4n) is 3.69. The van der Waals surface area contributed by atoms with Crippen LogP contribution in [0.3, 0.4) is 0 Å². The highest BCUT2D eigenvalue weighted by molar-refractivity contribution is 5.84. The summed E-state index contributed by atoms with van der Waals surface area (Å²) in [6, 6.07) is 9.86. The van der Waals surface area contributed by atoms with Crippen LogP contribution in [0, 0.1) is 13.8 Å². The van der Waals surface area contributed by atoms with Crippen LogP contribution in [0.25, 0.3) is 0 Å². The fraction of sp³-hybridized carbons (Fsp3) is 0.476. The van der Waals surface area contributed by atoms with Gasteiger partial charge in [0, 0.05) is 38.3 Å². The first-order valence-corrected chi connectivity index (χ1v) is 9.70. The molecule has 1 atom stereocenters. The van der Waals surface area contributed by atoms with Crippen LogP contribution < -0.4 is 5.32 Å². The van der Waals surface area contributed by atoms with Gasteiger partial charge in [0.15, 0.2) is 0 Å². The Bertz CT molecular complexity index is 791. The number of aromatic nitrogens is 1. The first-order chi connectivity index (χ1) is 13.5. The quantitative estimate of drug-likeness (QED) is 0.822. The van der Waals surface area contributed by atoms with Crippen molar-refractivity contribution in [3.63, 3.8) is 0 Å². The normalized spacial score (nSPS) is 16.0. The summed E-state index contributed by atoms with van der Waals surface area (Å²) in [6.07, 6.45) is 0. The van der Waals surface area contributed by atoms with Crippen LogP contribution in [-0.2, 0) is 16.1 Å². The van der Waals surface area contributed by atoms with E-state index in [-0.39, 0.29) is 17.7 Å². The molecular formula is C21H28N4O3. The van der Waals surface area contributed by atoms with Crippen molar-refractivity contribution in [1.82, 2.24) is 20.3 Å². The van der Waals surface area contributed by atoms with Crippen molar-refractivity contribution < 1.29 is 14.1 Å². The van der Waals surface area contributed by atoms with Gasteiger partial charge in [0.1, 0.15) is 5.76 Å². The van der Waals surface area contributed by atoms with Gasteiger partial charge in [-0.25, -0.2) is 0 Å². The van der Waals surface area contributed by atoms with Crippen molar-refractivity contribution >= 4 is 11.8 Å². The molecule has 0 aliphatic carbocycles. The summed E-state index contributed by atoms with van der Waals surface area (Å²) in [6.45, 7) is 9.13. The summed E-state index contributed by atoms with van der Waals surface area (Å²) in [5, 5.41) is 6.90. The first-order valence-electron chi connectivity index (χ1n) is 9.70. The molecule has 2 aromatic rings. The second-order valence-corrected chi connectivity index (χ2v) is 7.32. The Morgan fingerprint density at radius 1 is 1.14 bits per heavy atom. The Morgan fingerprint density at radius 3 is 2.43 bits per heavy atom. The van der Waals surface area contributed by atoms with Crippen molar-refractivity contribution in [2.45, 2.75) is 33.2 Å². The molecule has 1 fully saturated rings. The van der Waals surface area contributed by atoms with Crippen molar-refractivity contribution in [3.05, 3.63) is 52.9 Å². The highest BCUT2D eigenvalue weighted by atomic mass is 16.5. The van der Waals surface area contributed by atoms with E-state index < -0.39 is 0 Å². The van der Waals surface area contributed by atoms with E-state index in [9.17, 15) is 9.59 Å². The van der Waals surface area contributed by atoms with Gasteiger partial charge in [-0.2, -0.15) is 0 Å². The lowest BCUT2D eigenvalue weighted by Crippen LogP contribution is -2.51. The number of hydrogen-bond donors (Lipinski definition) is 1. The minimum atomic E-state index is -0.271. The van der Waals surface area contributed by atoms with Crippen LogP contribution in [0.1, 0.15) is 35.4 Å². The minimum absolute atomic E-state index is 0.00715. The van der Waals surface area contributed by atoms with Crippen LogP contribution in [0.4, 0.5) is 0 Å². The van der Waals surface area contributed by atoms with Crippen molar-refractivity contribution in [3.8, 4) is 0 Å². The number of nitrogens with zero attached hydrogens (tertiary/aromatic N) is 3. The van der Waals surface area contributed by atoms with Gasteiger partial charge in [-0.15, -0.1) is 0 Å². The average molecular weight is 384 g/mol. The predicted molar refractivity (Wildman–Crippen MR) is 106 cm³/mol. The molecule has 7 heteroatoms. The lowest BCUT2D eigenvalue weighted by atomic mass is 9.97. The molecule has 1 aromatic heterocycles. The van der Waals surface area contributed by atoms with Crippen LogP contribution >= 0.6 is 0 Å². The molecule has 3 rings (SSSR count). The maximum absolute atomic E-state index is 12.8. The third-order valence-corrected chi connectivity index (χ3v) is 5.28. The van der Waals surface area contributed by atoms with E-state index in [0.717, 1.165) is 16.8 Å². The largest absolute Gasteiger partial charge is 0.361 e. The summed E-state index contributed by atoms with van der Waals surface area (Å²) in [5.41, 5.74) is 2.74. The maximum atomic E-state index is 12.8. The van der Waals surface area contributed by atoms with Gasteiger partial charge in [-0.3, -0.25) is 14.5 Å². The minimum Gasteiger partial charge on any atom is -0.361 e. The zero-order chi connectivity index (χ0) is 20.1. The Balaban J connectivity index is 1.45. The molecule has 0 radical (unpaired) electrons. The van der Waals surface area contributed by atoms with Crippen LogP contribution in [-0.4, -0.2) is 59.5 Å². The molecule has 1 N–H and O–H groups in total. The van der Waals surface area contributed by atoms with Gasteiger partial charge < -0.3 is 14.7 Å². The van der Waals surface area contributed by atoms with Gasteiger partial charge >= 0.3 is 0 Å². The molecule has 1 aromatic carbocycles. The van der Waals surface area contributed by atoms with E-state index in [1.165, 1.54) is 0 Å². The van der Waals surface area contributed by atoms with Gasteiger partial charge in [-0.05, 0) is 26.3 Å². The Kier molecular flexibility index (Phi) is 6.46. The number of rotatable bonds is 6. The third kappa shape index (κ3) is 4.78. The molecule has 1 saturated heterocycles. The molecule has 0 saturated carbocycles. The summed E-state index contributed by atoms with van der Waals surface area (Å²) in [5.74, 6) is 0.523. The fourth-order valence-corrected chi connectivity index (χ4v) is 3.69. The highest BCUT2D eigenvalue weighted by Crippen LogP contribution is 2.25. The molecule has 150 valence electrons. The molecule has 0 bridgehead atoms. The summed E-state index contributed by atoms with van der Waals surface area (Å²) in [7, 11) is 0. The van der Waals surface area contributed by atoms with E-state index in [1.807, 2.05) is 56.0 Å². The number of piperazine rings is 1. The topological polar surface area (TPSA) is 78.7 Å². The molecule has 1 unspecified atom stereocenters. The summed E-state index contributed by atoms with van der Waals surface area (Å²) in [4.78, 5) is 29.0. The van der Waals surface area contributed by atoms with Crippen molar-refractivity contribution in [2.75, 3.05) is 32.7 Å². The number of carbonyl (C=O) groups excluding carboxylic acids is 2. The Morgan fingerprint density at radius 2 is 1.82 bits per heavy atom. The molecule has 1 aliphatic rings. The molecule has 1 aliphatic heterocycles. The number of nitrogens with one attached hydrogen (secondary N) is 1. The Labute approximate surface area is 165 Å². The van der Waals surface area contributed by atoms with Gasteiger partial charge in [0.25, 0.3) is 0 Å². The second-order valence-electron chi connectivity index (χ2n) is 7.32. The van der Waals surface area contributed by atoms with Gasteiger partial charge in [0.2, 0.25) is 11.8 Å². The second kappa shape index (κ2) is 9.01. The van der Waals surface area contributed by atoms with E-state index in [4.69, 9.17) is 4.52 Å². The first kappa shape index (κ1) is 20.1. The van der Waals surface area contributed by atoms with E-state index in [0.29, 0.717) is 45.0 Å². The van der Waals surface area contributed by atoms with E-state index in [1.54, 1.807) is 0 Å². The monoisotopic (exact) mass is 384 g/mol. The maximum Gasteiger partial charge on any atom is 0.234 e. The Hall–Kier alpha value is -2.67. The molecular weight excluding hydrogens is 356 g/mol. The number of hydrogen-bond acceptors (Lipinski definition) is 5. The van der Waals surface area contributed by atoms with Crippen molar-refractivity contribution in [2.24, 2.45) is 0 Å². The third-order valence-electron chi connectivity index (χ3n) is 5.28. The molecule has 28 heavy (non-hydrogen) atoms. The zero-order valence-electron chi connectivity index (χ0n) is 16.8. The lowest BCUT2D eigenvalue weighted by Gasteiger charge is -2.35. The number of amides is 2. The molecule has 2 amide bonds. The van der Waals surface area contributed by atoms with E-state index in [2.05, 4.69) is 15.4 Å². The molecule has 0 spiro atoms. The van der Waals surface area contributed by atoms with Gasteiger partial charge in [-0.1, -0.05) is 35.5 Å². The molecule has 2 heterocycles. The van der Waals surface area contributed by atoms with Gasteiger partial charge in [0.05, 0.1) is 18.2 Å².